The van der Waals surface area contributed by atoms with Gasteiger partial charge in [0, 0.05) is 39.5 Å². The van der Waals surface area contributed by atoms with Crippen LogP contribution in [0.4, 0.5) is 0 Å². The van der Waals surface area contributed by atoms with Gasteiger partial charge in [-0.15, -0.1) is 0 Å². The van der Waals surface area contributed by atoms with Gasteiger partial charge in [0.1, 0.15) is 63.9 Å². The maximum absolute atomic E-state index is 14.3. The number of rotatable bonds is 28. The van der Waals surface area contributed by atoms with Gasteiger partial charge >= 0.3 is 5.97 Å². The standard InChI is InChI=1S/C59H97N13O15/c1-14-57(12,69-50(84)58(13,15-2)67-47(81)40-24-18-21-31-72(40)52(86)55(8,9)66-45(79)38-22-16-19-29-70(38)36(5)73)49(83)63-37(32-35(3)4)44(78)60-28-25-41(74)61-33-42(75)64-59(26-27-59)51(85)68-56(10,11)53(87)71-30-20-17-23-39(71)46(80)65-54(6,7)48(82)62-34-43(76)77/h35,37-40H,14-34H2,1-13H3,(H,60,78)(H,61,74)(H,62,82)(H,63,83)(H,64,75)(H,65,80)(H,66,79)(H,67,81)(H,68,85)(H,69,84)(H,76,77)/t37-,38-,39-,40+,57+,58-/m0/s1. The van der Waals surface area contributed by atoms with E-state index in [1.165, 1.54) is 63.2 Å². The van der Waals surface area contributed by atoms with E-state index >= 15 is 0 Å². The largest absolute Gasteiger partial charge is 0.480 e. The van der Waals surface area contributed by atoms with Crippen LogP contribution in [0.25, 0.3) is 0 Å². The Morgan fingerprint density at radius 1 is 0.529 bits per heavy atom. The highest BCUT2D eigenvalue weighted by atomic mass is 16.4. The molecule has 0 radical (unpaired) electrons. The van der Waals surface area contributed by atoms with E-state index in [1.807, 2.05) is 13.8 Å². The molecule has 0 aromatic heterocycles. The summed E-state index contributed by atoms with van der Waals surface area (Å²) in [6.07, 6.45) is 5.40. The Morgan fingerprint density at radius 3 is 1.46 bits per heavy atom. The van der Waals surface area contributed by atoms with Gasteiger partial charge in [-0.1, -0.05) is 27.7 Å². The number of carbonyl (C=O) groups is 14. The lowest BCUT2D eigenvalue weighted by Crippen LogP contribution is -2.68. The SMILES string of the molecule is CC[C@@](C)(NC(=O)[C@](C)(CC)NC(=O)[C@H]1CCCCN1C(=O)C(C)(C)NC(=O)[C@@H]1CCCCN1C(C)=O)C(=O)N[C@@H](CC(C)C)C(=O)NCCC(=O)NCC(=O)NC1(C(=O)NC(C)(C)C(=O)N2CCCC[C@H]2C(=O)NC(C)(C)C(=O)NCC(=O)O)CC1. The summed E-state index contributed by atoms with van der Waals surface area (Å²) < 4.78 is 0. The molecule has 3 heterocycles. The van der Waals surface area contributed by atoms with Crippen LogP contribution in [0.3, 0.4) is 0 Å². The fraction of sp³-hybridized carbons (Fsp3) is 0.763. The van der Waals surface area contributed by atoms with Crippen LogP contribution < -0.4 is 53.2 Å². The number of nitrogens with zero attached hydrogens (tertiary/aromatic N) is 3. The lowest BCUT2D eigenvalue weighted by Gasteiger charge is -2.42. The number of carbonyl (C=O) groups excluding carboxylic acids is 13. The molecule has 0 spiro atoms. The number of carboxylic acids is 1. The van der Waals surface area contributed by atoms with Crippen molar-refractivity contribution in [2.75, 3.05) is 39.3 Å². The summed E-state index contributed by atoms with van der Waals surface area (Å²) in [5.74, 6) is -9.13. The van der Waals surface area contributed by atoms with Crippen molar-refractivity contribution in [3.63, 3.8) is 0 Å². The number of hydrogen-bond acceptors (Lipinski definition) is 14. The fourth-order valence-electron chi connectivity index (χ4n) is 10.8. The number of likely N-dealkylation sites (tertiary alicyclic amines) is 3. The van der Waals surface area contributed by atoms with Crippen molar-refractivity contribution in [1.29, 1.82) is 0 Å². The van der Waals surface area contributed by atoms with E-state index in [-0.39, 0.29) is 82.8 Å². The Labute approximate surface area is 510 Å². The molecule has 87 heavy (non-hydrogen) atoms. The first-order chi connectivity index (χ1) is 40.4. The smallest absolute Gasteiger partial charge is 0.322 e. The van der Waals surface area contributed by atoms with Gasteiger partial charge in [-0.2, -0.15) is 0 Å². The minimum atomic E-state index is -1.60. The van der Waals surface area contributed by atoms with Crippen molar-refractivity contribution in [1.82, 2.24) is 67.9 Å². The zero-order valence-electron chi connectivity index (χ0n) is 53.2. The van der Waals surface area contributed by atoms with E-state index in [1.54, 1.807) is 27.7 Å². The van der Waals surface area contributed by atoms with E-state index in [2.05, 4.69) is 53.2 Å². The minimum Gasteiger partial charge on any atom is -0.480 e. The molecule has 0 aromatic carbocycles. The van der Waals surface area contributed by atoms with Crippen molar-refractivity contribution in [3.8, 4) is 0 Å². The maximum atomic E-state index is 14.3. The molecular formula is C59H97N13O15. The van der Waals surface area contributed by atoms with Crippen LogP contribution >= 0.6 is 0 Å². The lowest BCUT2D eigenvalue weighted by molar-refractivity contribution is -0.151. The Balaban J connectivity index is 1.29. The average Bonchev–Trinajstić information content (AvgIpc) is 2.05. The first-order valence-corrected chi connectivity index (χ1v) is 30.6. The van der Waals surface area contributed by atoms with E-state index in [0.29, 0.717) is 38.6 Å². The molecule has 0 bridgehead atoms. The third-order valence-electron chi connectivity index (χ3n) is 16.9. The molecule has 0 unspecified atom stereocenters. The molecule has 4 fully saturated rings. The highest BCUT2D eigenvalue weighted by Gasteiger charge is 2.54. The van der Waals surface area contributed by atoms with Gasteiger partial charge in [-0.3, -0.25) is 67.1 Å². The molecule has 0 aromatic rings. The van der Waals surface area contributed by atoms with Gasteiger partial charge in [0.25, 0.3) is 0 Å². The fourth-order valence-corrected chi connectivity index (χ4v) is 10.8. The molecule has 6 atom stereocenters. The molecule has 13 amide bonds. The predicted molar refractivity (Wildman–Crippen MR) is 317 cm³/mol. The summed E-state index contributed by atoms with van der Waals surface area (Å²) >= 11 is 0. The van der Waals surface area contributed by atoms with Crippen LogP contribution in [-0.2, 0) is 67.1 Å². The van der Waals surface area contributed by atoms with Crippen molar-refractivity contribution < 1.29 is 72.2 Å². The Hall–Kier alpha value is -7.42. The second-order valence-corrected chi connectivity index (χ2v) is 26.0. The zero-order valence-corrected chi connectivity index (χ0v) is 53.2. The second kappa shape index (κ2) is 30.0. The second-order valence-electron chi connectivity index (χ2n) is 26.0. The van der Waals surface area contributed by atoms with Crippen molar-refractivity contribution in [2.45, 2.75) is 244 Å². The molecule has 3 aliphatic heterocycles. The minimum absolute atomic E-state index is 0.0628. The Morgan fingerprint density at radius 2 is 0.989 bits per heavy atom. The van der Waals surface area contributed by atoms with E-state index in [9.17, 15) is 67.1 Å². The van der Waals surface area contributed by atoms with Gasteiger partial charge in [0.05, 0.1) is 6.54 Å². The van der Waals surface area contributed by atoms with Crippen LogP contribution in [0.15, 0.2) is 0 Å². The lowest BCUT2D eigenvalue weighted by atomic mass is 9.90. The molecule has 3 saturated heterocycles. The summed E-state index contributed by atoms with van der Waals surface area (Å²) in [6, 6.07) is -3.83. The number of nitrogens with one attached hydrogen (secondary N) is 10. The first-order valence-electron chi connectivity index (χ1n) is 30.6. The summed E-state index contributed by atoms with van der Waals surface area (Å²) in [6.45, 7) is 19.7. The van der Waals surface area contributed by atoms with Crippen LogP contribution in [0, 0.1) is 5.92 Å². The Bertz CT molecular complexity index is 2640. The van der Waals surface area contributed by atoms with Crippen LogP contribution in [-0.4, -0.2) is 199 Å². The van der Waals surface area contributed by atoms with Crippen molar-refractivity contribution in [2.24, 2.45) is 5.92 Å². The quantitative estimate of drug-likeness (QED) is 0.0466. The van der Waals surface area contributed by atoms with Crippen LogP contribution in [0.1, 0.15) is 186 Å². The highest BCUT2D eigenvalue weighted by molar-refractivity contribution is 6.02. The van der Waals surface area contributed by atoms with Gasteiger partial charge in [0.2, 0.25) is 76.8 Å². The Kier molecular flexibility index (Phi) is 24.8. The number of hydrogen-bond donors (Lipinski definition) is 11. The van der Waals surface area contributed by atoms with Crippen molar-refractivity contribution in [3.05, 3.63) is 0 Å². The third kappa shape index (κ3) is 19.3. The third-order valence-corrected chi connectivity index (χ3v) is 16.9. The van der Waals surface area contributed by atoms with Crippen LogP contribution in [0.5, 0.6) is 0 Å². The van der Waals surface area contributed by atoms with Crippen molar-refractivity contribution >= 4 is 82.8 Å². The molecule has 1 aliphatic carbocycles. The molecular weight excluding hydrogens is 1130 g/mol. The molecule has 11 N–H and O–H groups in total. The predicted octanol–water partition coefficient (Wildman–Crippen LogP) is -0.593. The van der Waals surface area contributed by atoms with Gasteiger partial charge in [-0.25, -0.2) is 0 Å². The molecule has 4 aliphatic rings. The molecule has 488 valence electrons. The van der Waals surface area contributed by atoms with Crippen LogP contribution in [0.2, 0.25) is 0 Å². The van der Waals surface area contributed by atoms with E-state index < -0.39 is 147 Å². The number of amides is 13. The number of piperidine rings is 3. The molecule has 28 heteroatoms. The average molecular weight is 1230 g/mol. The maximum Gasteiger partial charge on any atom is 0.322 e. The number of aliphatic carboxylic acids is 1. The molecule has 1 saturated carbocycles. The monoisotopic (exact) mass is 1230 g/mol. The summed E-state index contributed by atoms with van der Waals surface area (Å²) in [4.78, 5) is 191. The highest BCUT2D eigenvalue weighted by Crippen LogP contribution is 2.36. The summed E-state index contributed by atoms with van der Waals surface area (Å²) in [5, 5.41) is 35.5. The van der Waals surface area contributed by atoms with Gasteiger partial charge < -0.3 is 73.0 Å². The van der Waals surface area contributed by atoms with Gasteiger partial charge in [-0.05, 0) is 151 Å². The first kappa shape index (κ1) is 72.1. The topological polar surface area (TPSA) is 389 Å². The van der Waals surface area contributed by atoms with E-state index in [0.717, 1.165) is 12.8 Å². The molecule has 4 rings (SSSR count). The molecule has 28 nitrogen and oxygen atoms in total. The zero-order chi connectivity index (χ0) is 65.6. The summed E-state index contributed by atoms with van der Waals surface area (Å²) in [7, 11) is 0. The van der Waals surface area contributed by atoms with Gasteiger partial charge in [0.15, 0.2) is 0 Å². The summed E-state index contributed by atoms with van der Waals surface area (Å²) in [5.41, 5.74) is -9.09. The number of carboxylic acid groups (broad SMARTS) is 1. The van der Waals surface area contributed by atoms with E-state index in [4.69, 9.17) is 5.11 Å². The normalized spacial score (nSPS) is 20.3.